The maximum atomic E-state index is 4.81. The van der Waals surface area contributed by atoms with E-state index in [0.717, 1.165) is 5.57 Å². The van der Waals surface area contributed by atoms with Gasteiger partial charge < -0.3 is 4.74 Å². The Kier molecular flexibility index (Phi) is 2.92. The summed E-state index contributed by atoms with van der Waals surface area (Å²) in [5, 5.41) is 0. The third-order valence-electron chi connectivity index (χ3n) is 0.762. The summed E-state index contributed by atoms with van der Waals surface area (Å²) >= 11 is 0. The first kappa shape index (κ1) is 7.21. The first-order valence-corrected chi connectivity index (χ1v) is 2.39. The lowest BCUT2D eigenvalue weighted by Crippen LogP contribution is -2.00. The van der Waals surface area contributed by atoms with Crippen LogP contribution in [-0.4, -0.2) is 20.1 Å². The number of ether oxygens (including phenoxy) is 1. The third kappa shape index (κ3) is 1.78. The normalized spacial score (nSPS) is 11.1. The molecule has 0 spiro atoms. The van der Waals surface area contributed by atoms with Crippen molar-refractivity contribution in [3.05, 3.63) is 12.2 Å². The molecule has 0 aliphatic rings. The zero-order chi connectivity index (χ0) is 6.57. The third-order valence-corrected chi connectivity index (χ3v) is 0.762. The van der Waals surface area contributed by atoms with Gasteiger partial charge in [0.25, 0.3) is 0 Å². The van der Waals surface area contributed by atoms with Gasteiger partial charge >= 0.3 is 0 Å². The van der Waals surface area contributed by atoms with Gasteiger partial charge in [0.15, 0.2) is 0 Å². The molecule has 0 atom stereocenters. The summed E-state index contributed by atoms with van der Waals surface area (Å²) in [5.74, 6) is 0.616. The summed E-state index contributed by atoms with van der Waals surface area (Å²) in [5.41, 5.74) is 0.856. The van der Waals surface area contributed by atoms with Crippen molar-refractivity contribution in [1.82, 2.24) is 0 Å². The molecule has 2 heteroatoms. The van der Waals surface area contributed by atoms with Crippen molar-refractivity contribution in [3.63, 3.8) is 0 Å². The highest BCUT2D eigenvalue weighted by molar-refractivity contribution is 5.91. The van der Waals surface area contributed by atoms with Gasteiger partial charge in [-0.25, -0.2) is 0 Å². The van der Waals surface area contributed by atoms with Crippen LogP contribution in [0.5, 0.6) is 0 Å². The predicted molar refractivity (Wildman–Crippen MR) is 35.2 cm³/mol. The molecule has 0 amide bonds. The molecule has 0 N–H and O–H groups in total. The topological polar surface area (TPSA) is 21.6 Å². The molecule has 0 aromatic carbocycles. The van der Waals surface area contributed by atoms with E-state index < -0.39 is 0 Å². The number of hydrogen-bond acceptors (Lipinski definition) is 2. The number of methoxy groups -OCH3 is 1. The summed E-state index contributed by atoms with van der Waals surface area (Å²) in [4.78, 5) is 3.80. The molecule has 0 unspecified atom stereocenters. The first-order valence-electron chi connectivity index (χ1n) is 2.39. The second-order valence-electron chi connectivity index (χ2n) is 1.51. The Morgan fingerprint density at radius 1 is 1.62 bits per heavy atom. The fourth-order valence-electron chi connectivity index (χ4n) is 0.456. The molecular formula is C6H11NO. The molecule has 0 heterocycles. The van der Waals surface area contributed by atoms with Gasteiger partial charge in [0.05, 0.1) is 7.11 Å². The van der Waals surface area contributed by atoms with Crippen molar-refractivity contribution in [2.24, 2.45) is 4.99 Å². The van der Waals surface area contributed by atoms with Gasteiger partial charge in [-0.1, -0.05) is 6.58 Å². The molecule has 8 heavy (non-hydrogen) atoms. The molecular weight excluding hydrogens is 102 g/mol. The van der Waals surface area contributed by atoms with Gasteiger partial charge in [-0.3, -0.25) is 4.99 Å². The van der Waals surface area contributed by atoms with Crippen LogP contribution >= 0.6 is 0 Å². The Labute approximate surface area is 49.9 Å². The lowest BCUT2D eigenvalue weighted by atomic mass is 10.3. The van der Waals surface area contributed by atoms with E-state index in [1.54, 1.807) is 14.2 Å². The second kappa shape index (κ2) is 3.24. The average molecular weight is 113 g/mol. The lowest BCUT2D eigenvalue weighted by molar-refractivity contribution is 0.403. The summed E-state index contributed by atoms with van der Waals surface area (Å²) in [6.07, 6.45) is 0. The number of nitrogens with zero attached hydrogens (tertiary/aromatic N) is 1. The minimum Gasteiger partial charge on any atom is -0.481 e. The van der Waals surface area contributed by atoms with E-state index in [9.17, 15) is 0 Å². The monoisotopic (exact) mass is 113 g/mol. The Morgan fingerprint density at radius 2 is 2.12 bits per heavy atom. The Hall–Kier alpha value is -0.790. The second-order valence-corrected chi connectivity index (χ2v) is 1.51. The highest BCUT2D eigenvalue weighted by Crippen LogP contribution is 1.91. The fraction of sp³-hybridized carbons (Fsp3) is 0.500. The molecule has 0 aliphatic heterocycles. The van der Waals surface area contributed by atoms with E-state index >= 15 is 0 Å². The number of aliphatic imine (C=N–C) groups is 1. The van der Waals surface area contributed by atoms with Gasteiger partial charge in [0.2, 0.25) is 5.90 Å². The fourth-order valence-corrected chi connectivity index (χ4v) is 0.456. The van der Waals surface area contributed by atoms with Gasteiger partial charge in [0.1, 0.15) is 0 Å². The first-order chi connectivity index (χ1) is 3.72. The van der Waals surface area contributed by atoms with E-state index in [1.807, 2.05) is 6.92 Å². The quantitative estimate of drug-likeness (QED) is 0.370. The summed E-state index contributed by atoms with van der Waals surface area (Å²) in [6.45, 7) is 5.49. The van der Waals surface area contributed by atoms with Gasteiger partial charge in [-0.05, 0) is 6.92 Å². The molecule has 0 saturated carbocycles. The van der Waals surface area contributed by atoms with E-state index in [0.29, 0.717) is 5.90 Å². The van der Waals surface area contributed by atoms with Crippen molar-refractivity contribution < 1.29 is 4.74 Å². The molecule has 0 radical (unpaired) electrons. The molecule has 2 nitrogen and oxygen atoms in total. The average Bonchev–Trinajstić information content (AvgIpc) is 1.69. The molecule has 46 valence electrons. The van der Waals surface area contributed by atoms with Crippen LogP contribution in [0.1, 0.15) is 6.92 Å². The molecule has 0 aromatic heterocycles. The smallest absolute Gasteiger partial charge is 0.210 e. The largest absolute Gasteiger partial charge is 0.481 e. The summed E-state index contributed by atoms with van der Waals surface area (Å²) < 4.78 is 4.81. The van der Waals surface area contributed by atoms with Crippen LogP contribution in [0.4, 0.5) is 0 Å². The molecule has 0 bridgehead atoms. The van der Waals surface area contributed by atoms with Crippen LogP contribution in [0.15, 0.2) is 17.1 Å². The minimum atomic E-state index is 0.616. The van der Waals surface area contributed by atoms with Crippen LogP contribution in [0.25, 0.3) is 0 Å². The predicted octanol–water partition coefficient (Wildman–Crippen LogP) is 1.24. The van der Waals surface area contributed by atoms with Crippen molar-refractivity contribution in [1.29, 1.82) is 0 Å². The zero-order valence-corrected chi connectivity index (χ0v) is 5.56. The van der Waals surface area contributed by atoms with Crippen LogP contribution in [0, 0.1) is 0 Å². The van der Waals surface area contributed by atoms with Crippen molar-refractivity contribution in [3.8, 4) is 0 Å². The van der Waals surface area contributed by atoms with Crippen LogP contribution < -0.4 is 0 Å². The highest BCUT2D eigenvalue weighted by Gasteiger charge is 1.92. The van der Waals surface area contributed by atoms with Gasteiger partial charge in [-0.15, -0.1) is 0 Å². The molecule has 0 aromatic rings. The van der Waals surface area contributed by atoms with Gasteiger partial charge in [-0.2, -0.15) is 0 Å². The zero-order valence-electron chi connectivity index (χ0n) is 5.56. The highest BCUT2D eigenvalue weighted by atomic mass is 16.5. The van der Waals surface area contributed by atoms with Crippen LogP contribution in [0.2, 0.25) is 0 Å². The Balaban J connectivity index is 3.92. The standard InChI is InChI=1S/C6H11NO/c1-5(2)6(7-3)8-4/h1H2,2-4H3. The molecule has 0 saturated heterocycles. The molecule has 0 rings (SSSR count). The molecule has 0 aliphatic carbocycles. The molecule has 0 fully saturated rings. The van der Waals surface area contributed by atoms with Crippen LogP contribution in [0.3, 0.4) is 0 Å². The minimum absolute atomic E-state index is 0.616. The maximum absolute atomic E-state index is 4.81. The SMILES string of the molecule is C=C(C)C(=NC)OC. The summed E-state index contributed by atoms with van der Waals surface area (Å²) in [7, 11) is 3.25. The summed E-state index contributed by atoms with van der Waals surface area (Å²) in [6, 6.07) is 0. The van der Waals surface area contributed by atoms with E-state index in [1.165, 1.54) is 0 Å². The Bertz CT molecular complexity index is 116. The van der Waals surface area contributed by atoms with Crippen molar-refractivity contribution in [2.45, 2.75) is 6.92 Å². The van der Waals surface area contributed by atoms with Gasteiger partial charge in [0, 0.05) is 12.6 Å². The van der Waals surface area contributed by atoms with E-state index in [4.69, 9.17) is 4.74 Å². The van der Waals surface area contributed by atoms with Crippen molar-refractivity contribution >= 4 is 5.90 Å². The van der Waals surface area contributed by atoms with E-state index in [2.05, 4.69) is 11.6 Å². The number of rotatable bonds is 1. The number of hydrogen-bond donors (Lipinski definition) is 0. The van der Waals surface area contributed by atoms with Crippen molar-refractivity contribution in [2.75, 3.05) is 14.2 Å². The Morgan fingerprint density at radius 3 is 2.12 bits per heavy atom. The lowest BCUT2D eigenvalue weighted by Gasteiger charge is -1.99. The maximum Gasteiger partial charge on any atom is 0.210 e. The van der Waals surface area contributed by atoms with E-state index in [-0.39, 0.29) is 0 Å². The van der Waals surface area contributed by atoms with Crippen LogP contribution in [-0.2, 0) is 4.74 Å².